The number of alkyl halides is 1. The summed E-state index contributed by atoms with van der Waals surface area (Å²) in [4.78, 5) is 13.0. The lowest BCUT2D eigenvalue weighted by Gasteiger charge is -2.38. The summed E-state index contributed by atoms with van der Waals surface area (Å²) in [6.07, 6.45) is 10.2. The van der Waals surface area contributed by atoms with Crippen molar-refractivity contribution in [1.82, 2.24) is 21.1 Å². The predicted octanol–water partition coefficient (Wildman–Crippen LogP) is 2.77. The van der Waals surface area contributed by atoms with Gasteiger partial charge in [-0.25, -0.2) is 9.40 Å². The van der Waals surface area contributed by atoms with Gasteiger partial charge in [0.15, 0.2) is 0 Å². The van der Waals surface area contributed by atoms with Crippen LogP contribution >= 0.6 is 0 Å². The predicted molar refractivity (Wildman–Crippen MR) is 112 cm³/mol. The van der Waals surface area contributed by atoms with Crippen molar-refractivity contribution in [2.45, 2.75) is 101 Å². The maximum atomic E-state index is 14.4. The van der Waals surface area contributed by atoms with E-state index in [1.165, 1.54) is 38.6 Å². The lowest BCUT2D eigenvalue weighted by atomic mass is 9.74. The van der Waals surface area contributed by atoms with Crippen molar-refractivity contribution in [3.8, 4) is 0 Å². The third kappa shape index (κ3) is 3.97. The third-order valence-electron chi connectivity index (χ3n) is 8.89. The molecule has 9 atom stereocenters. The number of nitrogens with one attached hydrogen (secondary N) is 3. The van der Waals surface area contributed by atoms with Crippen LogP contribution in [0.3, 0.4) is 0 Å². The maximum absolute atomic E-state index is 14.4. The normalized spacial score (nSPS) is 48.1. The minimum Gasteiger partial charge on any atom is -0.352 e. The number of piperidine rings is 1. The standard InChI is InChI=1S/C23H39FN4O/c1-14-8-9-19(24)17-12-20(27-22(14)17)23(29)26-16-6-4-5-15(11-16)18-13-25-28-10-3-2-7-21(18)28/h14-22,25,27H,2-13H2,1H3,(H,26,29). The zero-order valence-electron chi connectivity index (χ0n) is 17.9. The van der Waals surface area contributed by atoms with Gasteiger partial charge in [-0.3, -0.25) is 10.2 Å². The fourth-order valence-corrected chi connectivity index (χ4v) is 7.29. The first-order valence-electron chi connectivity index (χ1n) is 12.3. The van der Waals surface area contributed by atoms with Gasteiger partial charge in [-0.1, -0.05) is 19.8 Å². The molecule has 164 valence electrons. The number of carbonyl (C=O) groups is 1. The second-order valence-electron chi connectivity index (χ2n) is 10.6. The van der Waals surface area contributed by atoms with E-state index in [1.807, 2.05) is 0 Å². The van der Waals surface area contributed by atoms with Crippen LogP contribution in [0.15, 0.2) is 0 Å². The molecule has 2 aliphatic carbocycles. The van der Waals surface area contributed by atoms with E-state index in [1.54, 1.807) is 0 Å². The summed E-state index contributed by atoms with van der Waals surface area (Å²) in [5.74, 6) is 2.06. The summed E-state index contributed by atoms with van der Waals surface area (Å²) in [7, 11) is 0. The van der Waals surface area contributed by atoms with E-state index in [-0.39, 0.29) is 23.9 Å². The molecular formula is C23H39FN4O. The Morgan fingerprint density at radius 3 is 2.79 bits per heavy atom. The van der Waals surface area contributed by atoms with E-state index in [2.05, 4.69) is 28.0 Å². The second-order valence-corrected chi connectivity index (χ2v) is 10.6. The monoisotopic (exact) mass is 406 g/mol. The molecule has 0 aromatic heterocycles. The Morgan fingerprint density at radius 1 is 1.03 bits per heavy atom. The molecule has 5 aliphatic rings. The average Bonchev–Trinajstić information content (AvgIpc) is 3.37. The number of fused-ring (bicyclic) bond motifs is 2. The lowest BCUT2D eigenvalue weighted by molar-refractivity contribution is -0.124. The summed E-state index contributed by atoms with van der Waals surface area (Å²) in [5, 5.41) is 9.36. The van der Waals surface area contributed by atoms with Gasteiger partial charge in [0.25, 0.3) is 0 Å². The molecule has 6 heteroatoms. The van der Waals surface area contributed by atoms with Gasteiger partial charge in [-0.05, 0) is 69.1 Å². The number of nitrogens with zero attached hydrogens (tertiary/aromatic N) is 1. The number of carbonyl (C=O) groups excluding carboxylic acids is 1. The molecule has 0 aromatic rings. The first kappa shape index (κ1) is 20.2. The van der Waals surface area contributed by atoms with Crippen LogP contribution in [0.4, 0.5) is 4.39 Å². The highest BCUT2D eigenvalue weighted by Gasteiger charge is 2.47. The van der Waals surface area contributed by atoms with Gasteiger partial charge in [0, 0.05) is 37.1 Å². The van der Waals surface area contributed by atoms with Crippen LogP contribution in [-0.2, 0) is 4.79 Å². The summed E-state index contributed by atoms with van der Waals surface area (Å²) >= 11 is 0. The topological polar surface area (TPSA) is 56.4 Å². The third-order valence-corrected chi connectivity index (χ3v) is 8.89. The molecule has 0 aromatic carbocycles. The molecule has 3 N–H and O–H groups in total. The SMILES string of the molecule is CC1CCC(F)C2CC(C(=O)NC3CCCC(C4CNN5CCCCC45)C3)NC12. The van der Waals surface area contributed by atoms with Crippen LogP contribution in [0.1, 0.15) is 71.1 Å². The molecule has 1 amide bonds. The molecule has 0 spiro atoms. The van der Waals surface area contributed by atoms with Gasteiger partial charge < -0.3 is 10.6 Å². The lowest BCUT2D eigenvalue weighted by Crippen LogP contribution is -2.50. The van der Waals surface area contributed by atoms with Crippen molar-refractivity contribution in [3.63, 3.8) is 0 Å². The summed E-state index contributed by atoms with van der Waals surface area (Å²) in [6, 6.07) is 0.967. The Hall–Kier alpha value is -0.720. The van der Waals surface area contributed by atoms with Crippen molar-refractivity contribution in [1.29, 1.82) is 0 Å². The van der Waals surface area contributed by atoms with E-state index < -0.39 is 6.17 Å². The Labute approximate surface area is 174 Å². The van der Waals surface area contributed by atoms with Crippen molar-refractivity contribution < 1.29 is 9.18 Å². The smallest absolute Gasteiger partial charge is 0.237 e. The molecule has 0 radical (unpaired) electrons. The van der Waals surface area contributed by atoms with Gasteiger partial charge in [0.05, 0.1) is 6.04 Å². The van der Waals surface area contributed by atoms with Gasteiger partial charge in [-0.15, -0.1) is 0 Å². The van der Waals surface area contributed by atoms with Crippen LogP contribution < -0.4 is 16.1 Å². The molecule has 2 saturated carbocycles. The number of amides is 1. The van der Waals surface area contributed by atoms with Gasteiger partial charge in [0.2, 0.25) is 5.91 Å². The molecule has 3 aliphatic heterocycles. The number of hydrazine groups is 1. The fourth-order valence-electron chi connectivity index (χ4n) is 7.29. The minimum atomic E-state index is -0.742. The van der Waals surface area contributed by atoms with E-state index in [9.17, 15) is 9.18 Å². The van der Waals surface area contributed by atoms with Crippen LogP contribution in [0, 0.1) is 23.7 Å². The zero-order chi connectivity index (χ0) is 20.0. The van der Waals surface area contributed by atoms with Crippen molar-refractivity contribution in [2.24, 2.45) is 23.7 Å². The second kappa shape index (κ2) is 8.43. The number of rotatable bonds is 3. The molecular weight excluding hydrogens is 367 g/mol. The van der Waals surface area contributed by atoms with Crippen molar-refractivity contribution >= 4 is 5.91 Å². The van der Waals surface area contributed by atoms with Gasteiger partial charge in [0.1, 0.15) is 6.17 Å². The molecule has 9 unspecified atom stereocenters. The molecule has 29 heavy (non-hydrogen) atoms. The zero-order valence-corrected chi connectivity index (χ0v) is 17.9. The highest BCUT2D eigenvalue weighted by atomic mass is 19.1. The quantitative estimate of drug-likeness (QED) is 0.675. The van der Waals surface area contributed by atoms with Crippen molar-refractivity contribution in [3.05, 3.63) is 0 Å². The van der Waals surface area contributed by atoms with Gasteiger partial charge in [-0.2, -0.15) is 0 Å². The Morgan fingerprint density at radius 2 is 1.93 bits per heavy atom. The van der Waals surface area contributed by atoms with Crippen LogP contribution in [-0.4, -0.2) is 54.3 Å². The van der Waals surface area contributed by atoms with Crippen LogP contribution in [0.2, 0.25) is 0 Å². The highest BCUT2D eigenvalue weighted by Crippen LogP contribution is 2.40. The molecule has 5 fully saturated rings. The van der Waals surface area contributed by atoms with Crippen LogP contribution in [0.5, 0.6) is 0 Å². The fraction of sp³-hybridized carbons (Fsp3) is 0.957. The largest absolute Gasteiger partial charge is 0.352 e. The Balaban J connectivity index is 1.16. The molecule has 5 nitrogen and oxygen atoms in total. The van der Waals surface area contributed by atoms with E-state index in [4.69, 9.17) is 0 Å². The Kier molecular flexibility index (Phi) is 5.87. The van der Waals surface area contributed by atoms with E-state index in [0.29, 0.717) is 36.8 Å². The number of hydrogen-bond acceptors (Lipinski definition) is 4. The summed E-state index contributed by atoms with van der Waals surface area (Å²) in [6.45, 7) is 4.50. The van der Waals surface area contributed by atoms with E-state index in [0.717, 1.165) is 31.7 Å². The number of halogens is 1. The van der Waals surface area contributed by atoms with Crippen LogP contribution in [0.25, 0.3) is 0 Å². The molecule has 3 saturated heterocycles. The summed E-state index contributed by atoms with van der Waals surface area (Å²) in [5.41, 5.74) is 3.64. The summed E-state index contributed by atoms with van der Waals surface area (Å²) < 4.78 is 14.4. The van der Waals surface area contributed by atoms with E-state index >= 15 is 0 Å². The highest BCUT2D eigenvalue weighted by molar-refractivity contribution is 5.82. The Bertz CT molecular complexity index is 585. The average molecular weight is 407 g/mol. The molecule has 3 heterocycles. The first-order chi connectivity index (χ1) is 14.1. The van der Waals surface area contributed by atoms with Crippen molar-refractivity contribution in [2.75, 3.05) is 13.1 Å². The number of hydrogen-bond donors (Lipinski definition) is 3. The molecule has 5 rings (SSSR count). The minimum absolute atomic E-state index is 0.0236. The van der Waals surface area contributed by atoms with Gasteiger partial charge >= 0.3 is 0 Å². The first-order valence-corrected chi connectivity index (χ1v) is 12.3. The maximum Gasteiger partial charge on any atom is 0.237 e. The molecule has 0 bridgehead atoms.